The first-order valence-electron chi connectivity index (χ1n) is 5.45. The molecule has 0 aliphatic heterocycles. The number of rotatable bonds is 8. The Hall–Kier alpha value is -0.240. The molecule has 0 radical (unpaired) electrons. The van der Waals surface area contributed by atoms with Crippen LogP contribution in [0.4, 0.5) is 0 Å². The van der Waals surface area contributed by atoms with Crippen molar-refractivity contribution in [3.05, 3.63) is 0 Å². The van der Waals surface area contributed by atoms with Gasteiger partial charge in [-0.25, -0.2) is 0 Å². The molecule has 0 aromatic carbocycles. The first kappa shape index (κ1) is 15.8. The van der Waals surface area contributed by atoms with Gasteiger partial charge < -0.3 is 30.6 Å². The van der Waals surface area contributed by atoms with Crippen LogP contribution in [0.1, 0.15) is 26.2 Å². The minimum atomic E-state index is -1.54. The van der Waals surface area contributed by atoms with Gasteiger partial charge in [0.05, 0.1) is 24.9 Å². The van der Waals surface area contributed by atoms with Crippen molar-refractivity contribution in [2.24, 2.45) is 0 Å². The number of hydrogen-bond acceptors (Lipinski definition) is 6. The summed E-state index contributed by atoms with van der Waals surface area (Å²) in [6, 6.07) is 0. The fraction of sp³-hybridized carbons (Fsp3) is 1.00. The summed E-state index contributed by atoms with van der Waals surface area (Å²) in [6.07, 6.45) is -5.95. The van der Waals surface area contributed by atoms with E-state index in [1.54, 1.807) is 0 Å². The van der Waals surface area contributed by atoms with E-state index >= 15 is 0 Å². The maximum atomic E-state index is 9.47. The van der Waals surface area contributed by atoms with E-state index in [1.165, 1.54) is 0 Å². The third-order valence-corrected chi connectivity index (χ3v) is 2.45. The average Bonchev–Trinajstić information content (AvgIpc) is 2.26. The van der Waals surface area contributed by atoms with Gasteiger partial charge >= 0.3 is 0 Å². The standard InChI is InChI=1S/C10H22O6/c1-2-3-7(13)9(15)10(16)8(14)4-6(12)5-11/h6-16H,2-5H2,1H3. The maximum Gasteiger partial charge on any atom is 0.108 e. The molecule has 0 aromatic heterocycles. The first-order chi connectivity index (χ1) is 7.43. The highest BCUT2D eigenvalue weighted by Crippen LogP contribution is 2.12. The van der Waals surface area contributed by atoms with E-state index in [0.717, 1.165) is 0 Å². The summed E-state index contributed by atoms with van der Waals surface area (Å²) in [7, 11) is 0. The molecule has 0 rings (SSSR count). The summed E-state index contributed by atoms with van der Waals surface area (Å²) in [6.45, 7) is 1.28. The lowest BCUT2D eigenvalue weighted by molar-refractivity contribution is -0.116. The maximum absolute atomic E-state index is 9.47. The zero-order chi connectivity index (χ0) is 12.7. The van der Waals surface area contributed by atoms with Gasteiger partial charge in [0.25, 0.3) is 0 Å². The van der Waals surface area contributed by atoms with Crippen molar-refractivity contribution in [1.82, 2.24) is 0 Å². The number of hydrogen-bond donors (Lipinski definition) is 6. The monoisotopic (exact) mass is 238 g/mol. The first-order valence-corrected chi connectivity index (χ1v) is 5.45. The van der Waals surface area contributed by atoms with E-state index in [0.29, 0.717) is 12.8 Å². The molecule has 5 atom stereocenters. The Bertz CT molecular complexity index is 177. The van der Waals surface area contributed by atoms with Crippen LogP contribution in [-0.2, 0) is 0 Å². The predicted molar refractivity (Wildman–Crippen MR) is 56.6 cm³/mol. The quantitative estimate of drug-likeness (QED) is 0.290. The van der Waals surface area contributed by atoms with Crippen LogP contribution < -0.4 is 0 Å². The minimum Gasteiger partial charge on any atom is -0.394 e. The van der Waals surface area contributed by atoms with Gasteiger partial charge in [0.15, 0.2) is 0 Å². The Morgan fingerprint density at radius 2 is 1.38 bits per heavy atom. The van der Waals surface area contributed by atoms with Crippen molar-refractivity contribution in [1.29, 1.82) is 0 Å². The van der Waals surface area contributed by atoms with E-state index in [2.05, 4.69) is 0 Å². The summed E-state index contributed by atoms with van der Waals surface area (Å²) < 4.78 is 0. The summed E-state index contributed by atoms with van der Waals surface area (Å²) in [4.78, 5) is 0. The number of aliphatic hydroxyl groups excluding tert-OH is 6. The Morgan fingerprint density at radius 3 is 1.81 bits per heavy atom. The molecule has 0 spiro atoms. The van der Waals surface area contributed by atoms with Gasteiger partial charge in [-0.3, -0.25) is 0 Å². The second-order valence-corrected chi connectivity index (χ2v) is 3.98. The molecule has 0 fully saturated rings. The molecule has 0 aliphatic carbocycles. The van der Waals surface area contributed by atoms with Crippen LogP contribution in [0.2, 0.25) is 0 Å². The molecule has 0 saturated carbocycles. The average molecular weight is 238 g/mol. The van der Waals surface area contributed by atoms with Gasteiger partial charge in [-0.05, 0) is 6.42 Å². The van der Waals surface area contributed by atoms with Crippen LogP contribution in [0, 0.1) is 0 Å². The summed E-state index contributed by atoms with van der Waals surface area (Å²) >= 11 is 0. The third kappa shape index (κ3) is 5.20. The Labute approximate surface area is 94.8 Å². The molecule has 6 nitrogen and oxygen atoms in total. The van der Waals surface area contributed by atoms with Gasteiger partial charge in [-0.2, -0.15) is 0 Å². The van der Waals surface area contributed by atoms with Crippen molar-refractivity contribution in [2.75, 3.05) is 6.61 Å². The Morgan fingerprint density at radius 1 is 0.875 bits per heavy atom. The zero-order valence-electron chi connectivity index (χ0n) is 9.40. The van der Waals surface area contributed by atoms with E-state index in [1.807, 2.05) is 6.92 Å². The van der Waals surface area contributed by atoms with Gasteiger partial charge in [0.1, 0.15) is 12.2 Å². The topological polar surface area (TPSA) is 121 Å². The van der Waals surface area contributed by atoms with Crippen LogP contribution in [0.5, 0.6) is 0 Å². The Balaban J connectivity index is 4.14. The molecular formula is C10H22O6. The van der Waals surface area contributed by atoms with Gasteiger partial charge in [-0.15, -0.1) is 0 Å². The second kappa shape index (κ2) is 7.94. The molecule has 6 heteroatoms. The molecule has 0 bridgehead atoms. The molecule has 0 saturated heterocycles. The normalized spacial score (nSPS) is 21.2. The van der Waals surface area contributed by atoms with Crippen molar-refractivity contribution in [3.63, 3.8) is 0 Å². The SMILES string of the molecule is CCCC(O)C(O)C(O)C(O)CC(O)CO. The van der Waals surface area contributed by atoms with Gasteiger partial charge in [0.2, 0.25) is 0 Å². The number of aliphatic hydroxyl groups is 6. The van der Waals surface area contributed by atoms with Crippen molar-refractivity contribution in [2.45, 2.75) is 56.7 Å². The fourth-order valence-corrected chi connectivity index (χ4v) is 1.41. The largest absolute Gasteiger partial charge is 0.394 e. The highest BCUT2D eigenvalue weighted by molar-refractivity contribution is 4.81. The summed E-state index contributed by atoms with van der Waals surface area (Å²) in [5.41, 5.74) is 0. The highest BCUT2D eigenvalue weighted by Gasteiger charge is 2.30. The molecule has 16 heavy (non-hydrogen) atoms. The zero-order valence-corrected chi connectivity index (χ0v) is 9.40. The van der Waals surface area contributed by atoms with E-state index < -0.39 is 37.1 Å². The third-order valence-electron chi connectivity index (χ3n) is 2.45. The highest BCUT2D eigenvalue weighted by atomic mass is 16.4. The van der Waals surface area contributed by atoms with Crippen LogP contribution in [-0.4, -0.2) is 67.8 Å². The molecular weight excluding hydrogens is 216 g/mol. The van der Waals surface area contributed by atoms with Gasteiger partial charge in [0, 0.05) is 6.42 Å². The molecule has 0 heterocycles. The lowest BCUT2D eigenvalue weighted by Gasteiger charge is -2.27. The lowest BCUT2D eigenvalue weighted by Crippen LogP contribution is -2.45. The molecule has 0 aliphatic rings. The van der Waals surface area contributed by atoms with E-state index in [4.69, 9.17) is 10.2 Å². The van der Waals surface area contributed by atoms with Crippen LogP contribution in [0.15, 0.2) is 0 Å². The Kier molecular flexibility index (Phi) is 7.82. The molecule has 98 valence electrons. The second-order valence-electron chi connectivity index (χ2n) is 3.98. The molecule has 0 aromatic rings. The van der Waals surface area contributed by atoms with Gasteiger partial charge in [-0.1, -0.05) is 13.3 Å². The van der Waals surface area contributed by atoms with E-state index in [-0.39, 0.29) is 6.42 Å². The van der Waals surface area contributed by atoms with E-state index in [9.17, 15) is 20.4 Å². The molecule has 5 unspecified atom stereocenters. The summed E-state index contributed by atoms with van der Waals surface area (Å²) in [5.74, 6) is 0. The molecule has 0 amide bonds. The van der Waals surface area contributed by atoms with Crippen LogP contribution in [0.3, 0.4) is 0 Å². The molecule has 6 N–H and O–H groups in total. The van der Waals surface area contributed by atoms with Crippen molar-refractivity contribution < 1.29 is 30.6 Å². The summed E-state index contributed by atoms with van der Waals surface area (Å²) in [5, 5.41) is 55.3. The van der Waals surface area contributed by atoms with Crippen LogP contribution in [0.25, 0.3) is 0 Å². The van der Waals surface area contributed by atoms with Crippen molar-refractivity contribution in [3.8, 4) is 0 Å². The predicted octanol–water partition coefficient (Wildman–Crippen LogP) is -2.03. The lowest BCUT2D eigenvalue weighted by atomic mass is 9.97. The van der Waals surface area contributed by atoms with Crippen LogP contribution >= 0.6 is 0 Å². The smallest absolute Gasteiger partial charge is 0.108 e. The fourth-order valence-electron chi connectivity index (χ4n) is 1.41. The minimum absolute atomic E-state index is 0.256. The van der Waals surface area contributed by atoms with Crippen molar-refractivity contribution >= 4 is 0 Å².